The minimum atomic E-state index is -0.454. The van der Waals surface area contributed by atoms with Gasteiger partial charge in [0, 0.05) is 13.5 Å². The smallest absolute Gasteiger partial charge is 0.219 e. The maximum absolute atomic E-state index is 12.1. The number of aryl methyl sites for hydroxylation is 1. The summed E-state index contributed by atoms with van der Waals surface area (Å²) < 4.78 is 0. The average Bonchev–Trinajstić information content (AvgIpc) is 2.61. The van der Waals surface area contributed by atoms with Crippen LogP contribution in [0.15, 0.2) is 30.3 Å². The number of aliphatic hydroxyl groups is 1. The topological polar surface area (TPSA) is 43.8 Å². The molecule has 4 nitrogen and oxygen atoms in total. The predicted octanol–water partition coefficient (Wildman–Crippen LogP) is 3.09. The van der Waals surface area contributed by atoms with Crippen molar-refractivity contribution in [2.45, 2.75) is 64.5 Å². The van der Waals surface area contributed by atoms with Gasteiger partial charge in [-0.3, -0.25) is 4.79 Å². The molecule has 0 bridgehead atoms. The second-order valence-corrected chi connectivity index (χ2v) is 8.91. The Morgan fingerprint density at radius 3 is 2.46 bits per heavy atom. The zero-order chi connectivity index (χ0) is 18.8. The summed E-state index contributed by atoms with van der Waals surface area (Å²) in [6, 6.07) is 10.7. The number of aliphatic hydroxyl groups excluding tert-OH is 1. The zero-order valence-corrected chi connectivity index (χ0v) is 16.6. The van der Waals surface area contributed by atoms with Crippen LogP contribution in [0.4, 0.5) is 0 Å². The van der Waals surface area contributed by atoms with Crippen LogP contribution in [0.2, 0.25) is 0 Å². The second-order valence-electron chi connectivity index (χ2n) is 8.91. The molecule has 1 N–H and O–H groups in total. The third-order valence-corrected chi connectivity index (χ3v) is 6.71. The van der Waals surface area contributed by atoms with Crippen molar-refractivity contribution in [2.75, 3.05) is 26.2 Å². The van der Waals surface area contributed by atoms with Crippen LogP contribution in [-0.4, -0.2) is 58.6 Å². The van der Waals surface area contributed by atoms with Gasteiger partial charge in [0.25, 0.3) is 0 Å². The number of hydrogen-bond donors (Lipinski definition) is 1. The van der Waals surface area contributed by atoms with Crippen molar-refractivity contribution in [1.29, 1.82) is 0 Å². The molecular formula is C22H34N2O2. The van der Waals surface area contributed by atoms with E-state index in [0.717, 1.165) is 51.9 Å². The van der Waals surface area contributed by atoms with Gasteiger partial charge in [-0.05, 0) is 76.6 Å². The van der Waals surface area contributed by atoms with E-state index in [-0.39, 0.29) is 11.3 Å². The van der Waals surface area contributed by atoms with E-state index in [1.165, 1.54) is 12.0 Å². The number of rotatable bonds is 4. The summed E-state index contributed by atoms with van der Waals surface area (Å²) in [4.78, 5) is 16.6. The first-order valence-electron chi connectivity index (χ1n) is 10.0. The van der Waals surface area contributed by atoms with Gasteiger partial charge < -0.3 is 14.9 Å². The fourth-order valence-electron chi connectivity index (χ4n) is 4.73. The Hall–Kier alpha value is -1.39. The molecule has 0 aromatic heterocycles. The van der Waals surface area contributed by atoms with E-state index in [9.17, 15) is 9.90 Å². The van der Waals surface area contributed by atoms with Gasteiger partial charge in [0.15, 0.2) is 0 Å². The molecule has 2 aliphatic heterocycles. The molecule has 4 heteroatoms. The lowest BCUT2D eigenvalue weighted by Crippen LogP contribution is -2.64. The molecule has 2 aliphatic rings. The van der Waals surface area contributed by atoms with Crippen molar-refractivity contribution in [1.82, 2.24) is 9.80 Å². The first-order valence-corrected chi connectivity index (χ1v) is 10.0. The first kappa shape index (κ1) is 19.4. The summed E-state index contributed by atoms with van der Waals surface area (Å²) in [5.41, 5.74) is 1.05. The van der Waals surface area contributed by atoms with E-state index in [1.54, 1.807) is 6.92 Å². The third-order valence-electron chi connectivity index (χ3n) is 6.71. The quantitative estimate of drug-likeness (QED) is 0.899. The number of piperidine rings is 2. The van der Waals surface area contributed by atoms with Crippen LogP contribution < -0.4 is 0 Å². The summed E-state index contributed by atoms with van der Waals surface area (Å²) in [5, 5.41) is 10.7. The van der Waals surface area contributed by atoms with Crippen LogP contribution in [0.5, 0.6) is 0 Å². The van der Waals surface area contributed by atoms with Gasteiger partial charge in [-0.15, -0.1) is 0 Å². The molecule has 1 atom stereocenters. The van der Waals surface area contributed by atoms with Crippen LogP contribution in [0.25, 0.3) is 0 Å². The van der Waals surface area contributed by atoms with E-state index in [4.69, 9.17) is 0 Å². The molecular weight excluding hydrogens is 324 g/mol. The summed E-state index contributed by atoms with van der Waals surface area (Å²) in [6.45, 7) is 9.70. The normalized spacial score (nSPS) is 25.4. The van der Waals surface area contributed by atoms with Crippen LogP contribution in [0.3, 0.4) is 0 Å². The molecule has 1 amide bonds. The van der Waals surface area contributed by atoms with E-state index in [1.807, 2.05) is 18.7 Å². The Bertz CT molecular complexity index is 606. The molecule has 3 rings (SSSR count). The Labute approximate surface area is 158 Å². The number of amides is 1. The highest BCUT2D eigenvalue weighted by atomic mass is 16.3. The highest BCUT2D eigenvalue weighted by molar-refractivity contribution is 5.74. The van der Waals surface area contributed by atoms with Crippen molar-refractivity contribution in [3.63, 3.8) is 0 Å². The number of likely N-dealkylation sites (tertiary alicyclic amines) is 2. The van der Waals surface area contributed by atoms with Gasteiger partial charge in [-0.25, -0.2) is 0 Å². The lowest BCUT2D eigenvalue weighted by molar-refractivity contribution is -0.157. The fraction of sp³-hybridized carbons (Fsp3) is 0.682. The highest BCUT2D eigenvalue weighted by Crippen LogP contribution is 2.45. The number of benzene rings is 1. The molecule has 1 aromatic carbocycles. The van der Waals surface area contributed by atoms with Crippen molar-refractivity contribution in [3.05, 3.63) is 35.9 Å². The molecule has 0 aliphatic carbocycles. The summed E-state index contributed by atoms with van der Waals surface area (Å²) in [7, 11) is 0. The number of hydrogen-bond acceptors (Lipinski definition) is 3. The van der Waals surface area contributed by atoms with Crippen molar-refractivity contribution >= 4 is 5.91 Å². The molecule has 0 saturated carbocycles. The summed E-state index contributed by atoms with van der Waals surface area (Å²) in [5.74, 6) is 0.0819. The van der Waals surface area contributed by atoms with Gasteiger partial charge in [-0.1, -0.05) is 30.3 Å². The van der Waals surface area contributed by atoms with Crippen LogP contribution in [-0.2, 0) is 11.2 Å². The summed E-state index contributed by atoms with van der Waals surface area (Å²) >= 11 is 0. The predicted molar refractivity (Wildman–Crippen MR) is 105 cm³/mol. The molecule has 1 aromatic rings. The van der Waals surface area contributed by atoms with Crippen molar-refractivity contribution in [2.24, 2.45) is 5.41 Å². The van der Waals surface area contributed by atoms with Gasteiger partial charge in [0.2, 0.25) is 5.91 Å². The second kappa shape index (κ2) is 7.69. The lowest BCUT2D eigenvalue weighted by Gasteiger charge is -2.55. The number of nitrogens with zero attached hydrogens (tertiary/aromatic N) is 2. The van der Waals surface area contributed by atoms with Crippen LogP contribution in [0, 0.1) is 5.41 Å². The standard InChI is InChI=1S/C22H34N2O2/c1-18(25)24-17-22(16-20(26)21(24,2)3)11-14-23(15-12-22)13-7-10-19-8-5-4-6-9-19/h4-6,8-9,20,26H,7,10-17H2,1-3H3/t20-/m0/s1. The Balaban J connectivity index is 1.52. The van der Waals surface area contributed by atoms with E-state index < -0.39 is 11.6 Å². The van der Waals surface area contributed by atoms with Crippen molar-refractivity contribution in [3.8, 4) is 0 Å². The van der Waals surface area contributed by atoms with Gasteiger partial charge in [0.05, 0.1) is 11.6 Å². The SMILES string of the molecule is CC(=O)N1CC2(CCN(CCCc3ccccc3)CC2)C[C@H](O)C1(C)C. The molecule has 144 valence electrons. The van der Waals surface area contributed by atoms with E-state index >= 15 is 0 Å². The minimum absolute atomic E-state index is 0.0819. The number of carbonyl (C=O) groups is 1. The highest BCUT2D eigenvalue weighted by Gasteiger charge is 2.50. The summed E-state index contributed by atoms with van der Waals surface area (Å²) in [6.07, 6.45) is 4.86. The van der Waals surface area contributed by atoms with Gasteiger partial charge >= 0.3 is 0 Å². The monoisotopic (exact) mass is 358 g/mol. The maximum Gasteiger partial charge on any atom is 0.219 e. The van der Waals surface area contributed by atoms with Gasteiger partial charge in [-0.2, -0.15) is 0 Å². The van der Waals surface area contributed by atoms with Crippen LogP contribution in [0.1, 0.15) is 52.0 Å². The molecule has 2 saturated heterocycles. The largest absolute Gasteiger partial charge is 0.391 e. The Morgan fingerprint density at radius 2 is 1.85 bits per heavy atom. The first-order chi connectivity index (χ1) is 12.3. The third kappa shape index (κ3) is 4.12. The molecule has 2 heterocycles. The lowest BCUT2D eigenvalue weighted by atomic mass is 9.67. The van der Waals surface area contributed by atoms with Crippen LogP contribution >= 0.6 is 0 Å². The average molecular weight is 359 g/mol. The maximum atomic E-state index is 12.1. The Morgan fingerprint density at radius 1 is 1.19 bits per heavy atom. The zero-order valence-electron chi connectivity index (χ0n) is 16.6. The fourth-order valence-corrected chi connectivity index (χ4v) is 4.73. The minimum Gasteiger partial charge on any atom is -0.391 e. The molecule has 0 unspecified atom stereocenters. The molecule has 1 spiro atoms. The van der Waals surface area contributed by atoms with E-state index in [0.29, 0.717) is 0 Å². The molecule has 26 heavy (non-hydrogen) atoms. The van der Waals surface area contributed by atoms with Gasteiger partial charge in [0.1, 0.15) is 0 Å². The van der Waals surface area contributed by atoms with Crippen molar-refractivity contribution < 1.29 is 9.90 Å². The van der Waals surface area contributed by atoms with E-state index in [2.05, 4.69) is 35.2 Å². The number of carbonyl (C=O) groups excluding carboxylic acids is 1. The molecule has 2 fully saturated rings. The molecule has 0 radical (unpaired) electrons. The Kier molecular flexibility index (Phi) is 5.73.